The van der Waals surface area contributed by atoms with Gasteiger partial charge in [-0.25, -0.2) is 9.78 Å². The zero-order valence-corrected chi connectivity index (χ0v) is 13.7. The Balaban J connectivity index is 1.66. The van der Waals surface area contributed by atoms with E-state index in [2.05, 4.69) is 20.5 Å². The number of amides is 2. The predicted molar refractivity (Wildman–Crippen MR) is 85.7 cm³/mol. The van der Waals surface area contributed by atoms with Crippen LogP contribution in [-0.2, 0) is 6.54 Å². The number of piperidine rings is 1. The van der Waals surface area contributed by atoms with Crippen LogP contribution in [0, 0.1) is 13.8 Å². The first-order valence-electron chi connectivity index (χ1n) is 7.61. The van der Waals surface area contributed by atoms with Crippen LogP contribution in [0.1, 0.15) is 46.4 Å². The average molecular weight is 319 g/mol. The highest BCUT2D eigenvalue weighted by atomic mass is 32.1. The molecule has 3 rings (SSSR count). The molecular formula is C15H21N5OS. The standard InChI is InChI=1S/C15H21N5OS/c1-10-14(22-11(2)19-10)9-16-15(21)20-6-4-3-5-13(20)12-7-17-18-8-12/h7-8,13H,3-6,9H2,1-2H3,(H,16,21)(H,17,18)/t13-/m0/s1. The van der Waals surface area contributed by atoms with Crippen molar-refractivity contribution in [2.24, 2.45) is 0 Å². The fourth-order valence-corrected chi connectivity index (χ4v) is 3.84. The van der Waals surface area contributed by atoms with E-state index in [1.807, 2.05) is 31.1 Å². The largest absolute Gasteiger partial charge is 0.333 e. The van der Waals surface area contributed by atoms with Crippen LogP contribution in [0.25, 0.3) is 0 Å². The molecule has 1 fully saturated rings. The van der Waals surface area contributed by atoms with E-state index in [0.717, 1.165) is 46.9 Å². The second-order valence-electron chi connectivity index (χ2n) is 5.64. The van der Waals surface area contributed by atoms with E-state index in [-0.39, 0.29) is 12.1 Å². The molecule has 0 radical (unpaired) electrons. The van der Waals surface area contributed by atoms with Gasteiger partial charge in [0.1, 0.15) is 0 Å². The molecule has 0 aliphatic carbocycles. The third-order valence-electron chi connectivity index (χ3n) is 4.07. The van der Waals surface area contributed by atoms with Gasteiger partial charge < -0.3 is 10.2 Å². The molecule has 2 N–H and O–H groups in total. The van der Waals surface area contributed by atoms with Crippen molar-refractivity contribution >= 4 is 17.4 Å². The molecule has 1 aliphatic heterocycles. The number of aromatic amines is 1. The van der Waals surface area contributed by atoms with Crippen LogP contribution < -0.4 is 5.32 Å². The van der Waals surface area contributed by atoms with Gasteiger partial charge in [0.2, 0.25) is 0 Å². The number of likely N-dealkylation sites (tertiary alicyclic amines) is 1. The number of carbonyl (C=O) groups excluding carboxylic acids is 1. The molecule has 1 saturated heterocycles. The summed E-state index contributed by atoms with van der Waals surface area (Å²) in [6.07, 6.45) is 6.89. The number of aromatic nitrogens is 3. The quantitative estimate of drug-likeness (QED) is 0.913. The second-order valence-corrected chi connectivity index (χ2v) is 6.92. The predicted octanol–water partition coefficient (Wildman–Crippen LogP) is 2.92. The van der Waals surface area contributed by atoms with Crippen molar-refractivity contribution < 1.29 is 4.79 Å². The molecule has 0 saturated carbocycles. The first-order valence-corrected chi connectivity index (χ1v) is 8.43. The van der Waals surface area contributed by atoms with E-state index in [1.54, 1.807) is 11.3 Å². The number of nitrogens with one attached hydrogen (secondary N) is 2. The Morgan fingerprint density at radius 3 is 3.05 bits per heavy atom. The molecule has 7 heteroatoms. The number of aryl methyl sites for hydroxylation is 2. The van der Waals surface area contributed by atoms with Crippen LogP contribution in [0.15, 0.2) is 12.4 Å². The van der Waals surface area contributed by atoms with E-state index in [4.69, 9.17) is 0 Å². The second kappa shape index (κ2) is 6.48. The van der Waals surface area contributed by atoms with Gasteiger partial charge in [0.05, 0.1) is 29.5 Å². The van der Waals surface area contributed by atoms with Crippen LogP contribution in [0.4, 0.5) is 4.79 Å². The van der Waals surface area contributed by atoms with E-state index in [9.17, 15) is 4.79 Å². The summed E-state index contributed by atoms with van der Waals surface area (Å²) in [5.41, 5.74) is 2.09. The Morgan fingerprint density at radius 1 is 1.50 bits per heavy atom. The SMILES string of the molecule is Cc1nc(C)c(CNC(=O)N2CCCC[C@H]2c2cn[nH]c2)s1. The van der Waals surface area contributed by atoms with Gasteiger partial charge in [0.25, 0.3) is 0 Å². The summed E-state index contributed by atoms with van der Waals surface area (Å²) >= 11 is 1.64. The van der Waals surface area contributed by atoms with Crippen molar-refractivity contribution in [1.29, 1.82) is 0 Å². The van der Waals surface area contributed by atoms with Gasteiger partial charge in [-0.1, -0.05) is 0 Å². The van der Waals surface area contributed by atoms with Crippen molar-refractivity contribution in [2.45, 2.75) is 45.7 Å². The summed E-state index contributed by atoms with van der Waals surface area (Å²) in [7, 11) is 0. The molecule has 0 aromatic carbocycles. The minimum Gasteiger partial charge on any atom is -0.333 e. The molecule has 2 aromatic heterocycles. The maximum Gasteiger partial charge on any atom is 0.318 e. The first kappa shape index (κ1) is 15.0. The number of thiazole rings is 1. The monoisotopic (exact) mass is 319 g/mol. The molecule has 118 valence electrons. The highest BCUT2D eigenvalue weighted by Gasteiger charge is 2.28. The molecule has 1 aliphatic rings. The number of H-pyrrole nitrogens is 1. The lowest BCUT2D eigenvalue weighted by Crippen LogP contribution is -2.44. The molecule has 0 spiro atoms. The fraction of sp³-hybridized carbons (Fsp3) is 0.533. The van der Waals surface area contributed by atoms with Gasteiger partial charge in [-0.3, -0.25) is 5.10 Å². The van der Waals surface area contributed by atoms with Gasteiger partial charge in [0, 0.05) is 23.2 Å². The maximum absolute atomic E-state index is 12.6. The summed E-state index contributed by atoms with van der Waals surface area (Å²) in [4.78, 5) is 20.0. The molecule has 2 amide bonds. The lowest BCUT2D eigenvalue weighted by Gasteiger charge is -2.35. The maximum atomic E-state index is 12.6. The Hall–Kier alpha value is -1.89. The average Bonchev–Trinajstić information content (AvgIpc) is 3.14. The van der Waals surface area contributed by atoms with E-state index >= 15 is 0 Å². The molecule has 6 nitrogen and oxygen atoms in total. The first-order chi connectivity index (χ1) is 10.6. The van der Waals surface area contributed by atoms with Gasteiger partial charge in [0.15, 0.2) is 0 Å². The lowest BCUT2D eigenvalue weighted by atomic mass is 9.98. The molecule has 0 unspecified atom stereocenters. The summed E-state index contributed by atoms with van der Waals surface area (Å²) in [5, 5.41) is 10.9. The van der Waals surface area contributed by atoms with Gasteiger partial charge in [-0.15, -0.1) is 11.3 Å². The highest BCUT2D eigenvalue weighted by molar-refractivity contribution is 7.11. The van der Waals surface area contributed by atoms with E-state index in [0.29, 0.717) is 6.54 Å². The van der Waals surface area contributed by atoms with Crippen molar-refractivity contribution in [2.75, 3.05) is 6.54 Å². The molecule has 3 heterocycles. The van der Waals surface area contributed by atoms with Crippen LogP contribution >= 0.6 is 11.3 Å². The van der Waals surface area contributed by atoms with Gasteiger partial charge in [-0.2, -0.15) is 5.10 Å². The Labute approximate surface area is 133 Å². The molecule has 2 aromatic rings. The minimum atomic E-state index is -0.00338. The molecule has 1 atom stereocenters. The van der Waals surface area contributed by atoms with Crippen LogP contribution in [0.3, 0.4) is 0 Å². The number of urea groups is 1. The number of nitrogens with zero attached hydrogens (tertiary/aromatic N) is 3. The van der Waals surface area contributed by atoms with Gasteiger partial charge >= 0.3 is 6.03 Å². The number of hydrogen-bond acceptors (Lipinski definition) is 4. The zero-order valence-electron chi connectivity index (χ0n) is 12.9. The summed E-state index contributed by atoms with van der Waals surface area (Å²) < 4.78 is 0. The van der Waals surface area contributed by atoms with Crippen LogP contribution in [0.2, 0.25) is 0 Å². The van der Waals surface area contributed by atoms with E-state index in [1.165, 1.54) is 0 Å². The fourth-order valence-electron chi connectivity index (χ4n) is 2.96. The number of rotatable bonds is 3. The summed E-state index contributed by atoms with van der Waals surface area (Å²) in [6, 6.07) is 0.119. The molecule has 0 bridgehead atoms. The van der Waals surface area contributed by atoms with Crippen molar-refractivity contribution in [3.63, 3.8) is 0 Å². The van der Waals surface area contributed by atoms with Crippen molar-refractivity contribution in [1.82, 2.24) is 25.4 Å². The minimum absolute atomic E-state index is 0.00338. The van der Waals surface area contributed by atoms with Crippen molar-refractivity contribution in [3.8, 4) is 0 Å². The highest BCUT2D eigenvalue weighted by Crippen LogP contribution is 2.30. The summed E-state index contributed by atoms with van der Waals surface area (Å²) in [6.45, 7) is 5.32. The van der Waals surface area contributed by atoms with Gasteiger partial charge in [-0.05, 0) is 33.1 Å². The van der Waals surface area contributed by atoms with Crippen molar-refractivity contribution in [3.05, 3.63) is 33.5 Å². The van der Waals surface area contributed by atoms with Crippen LogP contribution in [-0.4, -0.2) is 32.7 Å². The smallest absolute Gasteiger partial charge is 0.318 e. The lowest BCUT2D eigenvalue weighted by molar-refractivity contribution is 0.151. The zero-order chi connectivity index (χ0) is 15.5. The normalized spacial score (nSPS) is 18.5. The van der Waals surface area contributed by atoms with Crippen LogP contribution in [0.5, 0.6) is 0 Å². The third kappa shape index (κ3) is 3.14. The summed E-state index contributed by atoms with van der Waals surface area (Å²) in [5.74, 6) is 0. The molecular weight excluding hydrogens is 298 g/mol. The van der Waals surface area contributed by atoms with E-state index < -0.39 is 0 Å². The molecule has 22 heavy (non-hydrogen) atoms. The number of carbonyl (C=O) groups is 1. The Morgan fingerprint density at radius 2 is 2.36 bits per heavy atom. The third-order valence-corrected chi connectivity index (χ3v) is 5.14. The Kier molecular flexibility index (Phi) is 4.42. The topological polar surface area (TPSA) is 73.9 Å². The Bertz CT molecular complexity index is 636. The number of hydrogen-bond donors (Lipinski definition) is 2.